The van der Waals surface area contributed by atoms with Gasteiger partial charge in [0.15, 0.2) is 0 Å². The number of rotatable bonds is 3. The number of benzene rings is 1. The maximum absolute atomic E-state index is 11.9. The average Bonchev–Trinajstić information content (AvgIpc) is 2.45. The van der Waals surface area contributed by atoms with E-state index in [1.54, 1.807) is 0 Å². The van der Waals surface area contributed by atoms with E-state index in [0.717, 1.165) is 12.8 Å². The Morgan fingerprint density at radius 3 is 2.43 bits per heavy atom. The molecule has 1 aliphatic rings. The second-order valence-corrected chi connectivity index (χ2v) is 6.99. The lowest BCUT2D eigenvalue weighted by molar-refractivity contribution is 0.0507. The standard InChI is InChI=1S/C18H26NO2/c1-17(2,3)21-16(20)19-14-18(12-8-5-9-13-18)15-10-6-4-7-11-15/h6-7,10-11H,5,8-9,12-14H2,1-3H3,(H,19,20). The first kappa shape index (κ1) is 15.9. The summed E-state index contributed by atoms with van der Waals surface area (Å²) < 4.78 is 5.35. The molecule has 0 spiro atoms. The molecular formula is C18H26NO2. The first-order valence-corrected chi connectivity index (χ1v) is 7.85. The summed E-state index contributed by atoms with van der Waals surface area (Å²) in [6.07, 6.45) is 5.63. The van der Waals surface area contributed by atoms with E-state index in [1.165, 1.54) is 24.8 Å². The van der Waals surface area contributed by atoms with Gasteiger partial charge >= 0.3 is 6.09 Å². The summed E-state index contributed by atoms with van der Waals surface area (Å²) in [4.78, 5) is 11.9. The summed E-state index contributed by atoms with van der Waals surface area (Å²) in [6.45, 7) is 6.30. The molecule has 1 amide bonds. The highest BCUT2D eigenvalue weighted by Crippen LogP contribution is 2.38. The van der Waals surface area contributed by atoms with Crippen LogP contribution >= 0.6 is 0 Å². The molecule has 1 saturated carbocycles. The van der Waals surface area contributed by atoms with Crippen molar-refractivity contribution >= 4 is 6.09 Å². The van der Waals surface area contributed by atoms with Crippen LogP contribution in [0.25, 0.3) is 0 Å². The molecular weight excluding hydrogens is 262 g/mol. The predicted octanol–water partition coefficient (Wildman–Crippen LogP) is 4.21. The number of carbonyl (C=O) groups is 1. The molecule has 1 N–H and O–H groups in total. The van der Waals surface area contributed by atoms with Crippen molar-refractivity contribution in [2.45, 2.75) is 63.9 Å². The quantitative estimate of drug-likeness (QED) is 0.904. The zero-order valence-corrected chi connectivity index (χ0v) is 13.4. The number of hydrogen-bond acceptors (Lipinski definition) is 2. The van der Waals surface area contributed by atoms with E-state index in [-0.39, 0.29) is 11.5 Å². The lowest BCUT2D eigenvalue weighted by Gasteiger charge is -2.38. The number of amides is 1. The van der Waals surface area contributed by atoms with Gasteiger partial charge in [-0.15, -0.1) is 0 Å². The van der Waals surface area contributed by atoms with Crippen LogP contribution in [0.4, 0.5) is 4.79 Å². The van der Waals surface area contributed by atoms with Gasteiger partial charge in [-0.2, -0.15) is 0 Å². The molecule has 1 aromatic carbocycles. The summed E-state index contributed by atoms with van der Waals surface area (Å²) in [5.41, 5.74) is 0.896. The zero-order chi connectivity index (χ0) is 15.3. The lowest BCUT2D eigenvalue weighted by atomic mass is 9.69. The fraction of sp³-hybridized carbons (Fsp3) is 0.611. The van der Waals surface area contributed by atoms with Gasteiger partial charge < -0.3 is 10.1 Å². The molecule has 0 aromatic heterocycles. The van der Waals surface area contributed by atoms with Gasteiger partial charge in [-0.3, -0.25) is 0 Å². The Kier molecular flexibility index (Phi) is 4.92. The van der Waals surface area contributed by atoms with Crippen molar-refractivity contribution in [3.63, 3.8) is 0 Å². The van der Waals surface area contributed by atoms with Gasteiger partial charge in [-0.05, 0) is 45.2 Å². The normalized spacial score (nSPS) is 18.0. The van der Waals surface area contributed by atoms with Crippen LogP contribution in [-0.4, -0.2) is 18.2 Å². The summed E-state index contributed by atoms with van der Waals surface area (Å²) in [7, 11) is 0. The van der Waals surface area contributed by atoms with Crippen LogP contribution in [0.2, 0.25) is 0 Å². The number of nitrogens with one attached hydrogen (secondary N) is 1. The molecule has 1 radical (unpaired) electrons. The molecule has 0 heterocycles. The minimum atomic E-state index is -0.453. The van der Waals surface area contributed by atoms with Crippen molar-refractivity contribution in [1.29, 1.82) is 0 Å². The summed E-state index contributed by atoms with van der Waals surface area (Å²) in [5, 5.41) is 2.98. The van der Waals surface area contributed by atoms with Crippen LogP contribution in [0.15, 0.2) is 24.3 Å². The van der Waals surface area contributed by atoms with Gasteiger partial charge in [-0.1, -0.05) is 43.5 Å². The SMILES string of the molecule is CC(C)(C)OC(=O)NCC1(c2cc[c]cc2)CCCCC1. The highest BCUT2D eigenvalue weighted by atomic mass is 16.6. The number of alkyl carbamates (subject to hydrolysis) is 1. The Morgan fingerprint density at radius 1 is 1.24 bits per heavy atom. The summed E-state index contributed by atoms with van der Waals surface area (Å²) in [6, 6.07) is 11.2. The van der Waals surface area contributed by atoms with E-state index in [4.69, 9.17) is 4.74 Å². The molecule has 1 fully saturated rings. The first-order chi connectivity index (χ1) is 9.91. The maximum Gasteiger partial charge on any atom is 0.407 e. The topological polar surface area (TPSA) is 38.3 Å². The van der Waals surface area contributed by atoms with Gasteiger partial charge in [0.1, 0.15) is 5.60 Å². The molecule has 1 aliphatic carbocycles. The molecule has 0 bridgehead atoms. The highest BCUT2D eigenvalue weighted by Gasteiger charge is 2.34. The monoisotopic (exact) mass is 288 g/mol. The van der Waals surface area contributed by atoms with Crippen molar-refractivity contribution in [2.24, 2.45) is 0 Å². The van der Waals surface area contributed by atoms with E-state index in [2.05, 4.69) is 23.5 Å². The second-order valence-electron chi connectivity index (χ2n) is 6.99. The van der Waals surface area contributed by atoms with Gasteiger partial charge in [-0.25, -0.2) is 4.79 Å². The average molecular weight is 288 g/mol. The third kappa shape index (κ3) is 4.48. The Morgan fingerprint density at radius 2 is 1.86 bits per heavy atom. The molecule has 0 atom stereocenters. The van der Waals surface area contributed by atoms with E-state index in [0.29, 0.717) is 6.54 Å². The van der Waals surface area contributed by atoms with E-state index >= 15 is 0 Å². The predicted molar refractivity (Wildman–Crippen MR) is 84.3 cm³/mol. The molecule has 0 saturated heterocycles. The molecule has 3 heteroatoms. The Balaban J connectivity index is 2.06. The van der Waals surface area contributed by atoms with Crippen LogP contribution in [0.3, 0.4) is 0 Å². The van der Waals surface area contributed by atoms with Crippen LogP contribution < -0.4 is 5.32 Å². The van der Waals surface area contributed by atoms with Crippen LogP contribution in [0, 0.1) is 6.07 Å². The summed E-state index contributed by atoms with van der Waals surface area (Å²) in [5.74, 6) is 0. The summed E-state index contributed by atoms with van der Waals surface area (Å²) >= 11 is 0. The molecule has 115 valence electrons. The van der Waals surface area contributed by atoms with Crippen LogP contribution in [-0.2, 0) is 10.2 Å². The first-order valence-electron chi connectivity index (χ1n) is 7.85. The number of carbonyl (C=O) groups excluding carboxylic acids is 1. The Hall–Kier alpha value is -1.51. The van der Waals surface area contributed by atoms with Gasteiger partial charge in [0.2, 0.25) is 0 Å². The minimum absolute atomic E-state index is 0.0459. The van der Waals surface area contributed by atoms with Crippen molar-refractivity contribution in [3.8, 4) is 0 Å². The van der Waals surface area contributed by atoms with Crippen molar-refractivity contribution < 1.29 is 9.53 Å². The third-order valence-electron chi connectivity index (χ3n) is 4.11. The molecule has 0 unspecified atom stereocenters. The third-order valence-corrected chi connectivity index (χ3v) is 4.11. The fourth-order valence-corrected chi connectivity index (χ4v) is 3.09. The molecule has 21 heavy (non-hydrogen) atoms. The maximum atomic E-state index is 11.9. The second kappa shape index (κ2) is 6.50. The largest absolute Gasteiger partial charge is 0.444 e. The fourth-order valence-electron chi connectivity index (χ4n) is 3.09. The van der Waals surface area contributed by atoms with Crippen molar-refractivity contribution in [3.05, 3.63) is 35.9 Å². The van der Waals surface area contributed by atoms with Crippen LogP contribution in [0.1, 0.15) is 58.4 Å². The molecule has 1 aromatic rings. The van der Waals surface area contributed by atoms with E-state index < -0.39 is 5.60 Å². The van der Waals surface area contributed by atoms with Gasteiger partial charge in [0.25, 0.3) is 0 Å². The lowest BCUT2D eigenvalue weighted by Crippen LogP contribution is -2.43. The highest BCUT2D eigenvalue weighted by molar-refractivity contribution is 5.67. The van der Waals surface area contributed by atoms with Gasteiger partial charge in [0.05, 0.1) is 0 Å². The van der Waals surface area contributed by atoms with E-state index in [1.807, 2.05) is 32.9 Å². The van der Waals surface area contributed by atoms with Crippen molar-refractivity contribution in [2.75, 3.05) is 6.54 Å². The molecule has 3 nitrogen and oxygen atoms in total. The Labute approximate surface area is 128 Å². The van der Waals surface area contributed by atoms with E-state index in [9.17, 15) is 4.79 Å². The van der Waals surface area contributed by atoms with Gasteiger partial charge in [0, 0.05) is 12.0 Å². The Bertz CT molecular complexity index is 456. The number of ether oxygens (including phenoxy) is 1. The molecule has 2 rings (SSSR count). The van der Waals surface area contributed by atoms with Crippen molar-refractivity contribution in [1.82, 2.24) is 5.32 Å². The molecule has 0 aliphatic heterocycles. The smallest absolute Gasteiger partial charge is 0.407 e. The zero-order valence-electron chi connectivity index (χ0n) is 13.4. The van der Waals surface area contributed by atoms with Crippen LogP contribution in [0.5, 0.6) is 0 Å². The number of hydrogen-bond donors (Lipinski definition) is 1. The minimum Gasteiger partial charge on any atom is -0.444 e.